The van der Waals surface area contributed by atoms with Gasteiger partial charge in [-0.15, -0.1) is 17.9 Å². The average molecular weight is 330 g/mol. The fourth-order valence-corrected chi connectivity index (χ4v) is 2.98. The number of nitrogens with one attached hydrogen (secondary N) is 1. The Kier molecular flexibility index (Phi) is 5.67. The number of carbonyl (C=O) groups is 2. The molecule has 23 heavy (non-hydrogen) atoms. The van der Waals surface area contributed by atoms with Gasteiger partial charge in [0.1, 0.15) is 11.1 Å². The lowest BCUT2D eigenvalue weighted by Crippen LogP contribution is -2.28. The van der Waals surface area contributed by atoms with Crippen LogP contribution in [0.3, 0.4) is 0 Å². The maximum Gasteiger partial charge on any atom is 0.253 e. The largest absolute Gasteiger partial charge is 0.366 e. The number of carbonyl (C=O) groups excluding carboxylic acids is 2. The molecule has 1 aromatic carbocycles. The summed E-state index contributed by atoms with van der Waals surface area (Å²) in [6.07, 6.45) is 0.910. The summed E-state index contributed by atoms with van der Waals surface area (Å²) in [4.78, 5) is 24.6. The molecule has 0 aliphatic heterocycles. The average Bonchev–Trinajstić information content (AvgIpc) is 2.97. The third-order valence-corrected chi connectivity index (χ3v) is 4.23. The molecular formula is C17H18N2O3S. The molecule has 0 fully saturated rings. The van der Waals surface area contributed by atoms with Gasteiger partial charge in [0.2, 0.25) is 0 Å². The Morgan fingerprint density at radius 2 is 2.09 bits per heavy atom. The Morgan fingerprint density at radius 1 is 1.39 bits per heavy atom. The quantitative estimate of drug-likeness (QED) is 0.766. The summed E-state index contributed by atoms with van der Waals surface area (Å²) in [5.41, 5.74) is 6.65. The lowest BCUT2D eigenvalue weighted by atomic mass is 10.1. The second kappa shape index (κ2) is 7.71. The highest BCUT2D eigenvalue weighted by atomic mass is 32.1. The topological polar surface area (TPSA) is 81.4 Å². The first-order chi connectivity index (χ1) is 11.0. The lowest BCUT2D eigenvalue weighted by Gasteiger charge is -2.11. The van der Waals surface area contributed by atoms with Crippen molar-refractivity contribution >= 4 is 28.2 Å². The van der Waals surface area contributed by atoms with Crippen molar-refractivity contribution in [2.75, 3.05) is 11.9 Å². The van der Waals surface area contributed by atoms with Gasteiger partial charge in [-0.3, -0.25) is 9.59 Å². The van der Waals surface area contributed by atoms with Crippen LogP contribution >= 0.6 is 11.3 Å². The molecule has 0 saturated heterocycles. The highest BCUT2D eigenvalue weighted by molar-refractivity contribution is 7.20. The van der Waals surface area contributed by atoms with Gasteiger partial charge in [-0.05, 0) is 18.6 Å². The van der Waals surface area contributed by atoms with Gasteiger partial charge in [0.15, 0.2) is 0 Å². The van der Waals surface area contributed by atoms with Crippen LogP contribution in [0.25, 0.3) is 10.4 Å². The van der Waals surface area contributed by atoms with Gasteiger partial charge in [-0.1, -0.05) is 36.4 Å². The van der Waals surface area contributed by atoms with Crippen molar-refractivity contribution in [3.8, 4) is 10.4 Å². The standard InChI is InChI=1S/C17H18N2O3S/c1-3-9-22-11(2)16(21)19-17-13(15(18)20)10-14(23-17)12-7-5-4-6-8-12/h3-8,10-11H,1,9H2,2H3,(H2,18,20)(H,19,21). The van der Waals surface area contributed by atoms with E-state index in [-0.39, 0.29) is 18.1 Å². The summed E-state index contributed by atoms with van der Waals surface area (Å²) < 4.78 is 5.28. The first-order valence-electron chi connectivity index (χ1n) is 7.05. The SMILES string of the molecule is C=CCOC(C)C(=O)Nc1sc(-c2ccccc2)cc1C(N)=O. The van der Waals surface area contributed by atoms with E-state index < -0.39 is 12.0 Å². The second-order valence-electron chi connectivity index (χ2n) is 4.84. The van der Waals surface area contributed by atoms with Crippen molar-refractivity contribution in [3.63, 3.8) is 0 Å². The van der Waals surface area contributed by atoms with Gasteiger partial charge in [-0.2, -0.15) is 0 Å². The van der Waals surface area contributed by atoms with E-state index in [1.807, 2.05) is 30.3 Å². The van der Waals surface area contributed by atoms with Crippen LogP contribution in [0.15, 0.2) is 49.1 Å². The minimum absolute atomic E-state index is 0.275. The number of benzene rings is 1. The fraction of sp³-hybridized carbons (Fsp3) is 0.176. The number of primary amides is 1. The van der Waals surface area contributed by atoms with Gasteiger partial charge in [0, 0.05) is 4.88 Å². The smallest absolute Gasteiger partial charge is 0.253 e. The zero-order chi connectivity index (χ0) is 16.8. The van der Waals surface area contributed by atoms with Gasteiger partial charge < -0.3 is 15.8 Å². The fourth-order valence-electron chi connectivity index (χ4n) is 1.91. The van der Waals surface area contributed by atoms with E-state index in [9.17, 15) is 9.59 Å². The molecule has 2 rings (SSSR count). The van der Waals surface area contributed by atoms with Crippen LogP contribution in [0.4, 0.5) is 5.00 Å². The van der Waals surface area contributed by atoms with E-state index >= 15 is 0 Å². The first-order valence-corrected chi connectivity index (χ1v) is 7.87. The minimum Gasteiger partial charge on any atom is -0.366 e. The van der Waals surface area contributed by atoms with Gasteiger partial charge in [0.25, 0.3) is 11.8 Å². The molecule has 3 N–H and O–H groups in total. The summed E-state index contributed by atoms with van der Waals surface area (Å²) in [5, 5.41) is 3.14. The third-order valence-electron chi connectivity index (χ3n) is 3.13. The number of hydrogen-bond acceptors (Lipinski definition) is 4. The number of thiophene rings is 1. The summed E-state index contributed by atoms with van der Waals surface area (Å²) in [7, 11) is 0. The molecule has 5 nitrogen and oxygen atoms in total. The normalized spacial score (nSPS) is 11.7. The summed E-state index contributed by atoms with van der Waals surface area (Å²) in [6.45, 7) is 5.44. The van der Waals surface area contributed by atoms with E-state index in [4.69, 9.17) is 10.5 Å². The summed E-state index contributed by atoms with van der Waals surface area (Å²) >= 11 is 1.30. The summed E-state index contributed by atoms with van der Waals surface area (Å²) in [6, 6.07) is 11.3. The molecule has 120 valence electrons. The zero-order valence-electron chi connectivity index (χ0n) is 12.7. The molecule has 0 spiro atoms. The van der Waals surface area contributed by atoms with Gasteiger partial charge >= 0.3 is 0 Å². The van der Waals surface area contributed by atoms with Crippen LogP contribution in [-0.2, 0) is 9.53 Å². The number of hydrogen-bond donors (Lipinski definition) is 2. The van der Waals surface area contributed by atoms with Crippen LogP contribution in [0.5, 0.6) is 0 Å². The Hall–Kier alpha value is -2.44. The summed E-state index contributed by atoms with van der Waals surface area (Å²) in [5.74, 6) is -0.922. The van der Waals surface area contributed by atoms with Crippen molar-refractivity contribution in [2.24, 2.45) is 5.73 Å². The molecule has 1 heterocycles. The number of rotatable bonds is 7. The Balaban J connectivity index is 2.24. The first kappa shape index (κ1) is 16.9. The highest BCUT2D eigenvalue weighted by Crippen LogP contribution is 2.35. The molecule has 1 atom stereocenters. The Morgan fingerprint density at radius 3 is 2.70 bits per heavy atom. The maximum absolute atomic E-state index is 12.1. The van der Waals surface area contributed by atoms with Crippen molar-refractivity contribution in [3.05, 3.63) is 54.6 Å². The molecule has 0 aliphatic carbocycles. The Bertz CT molecular complexity index is 710. The third kappa shape index (κ3) is 4.28. The maximum atomic E-state index is 12.1. The molecule has 0 bridgehead atoms. The molecule has 1 aromatic heterocycles. The predicted molar refractivity (Wildman–Crippen MR) is 92.5 cm³/mol. The molecular weight excluding hydrogens is 312 g/mol. The number of nitrogens with two attached hydrogens (primary N) is 1. The van der Waals surface area contributed by atoms with Crippen molar-refractivity contribution < 1.29 is 14.3 Å². The zero-order valence-corrected chi connectivity index (χ0v) is 13.6. The Labute approximate surface area is 138 Å². The second-order valence-corrected chi connectivity index (χ2v) is 5.89. The molecule has 6 heteroatoms. The van der Waals surface area contributed by atoms with Crippen LogP contribution in [0.2, 0.25) is 0 Å². The van der Waals surface area contributed by atoms with Crippen LogP contribution < -0.4 is 11.1 Å². The van der Waals surface area contributed by atoms with Crippen LogP contribution in [0, 0.1) is 0 Å². The van der Waals surface area contributed by atoms with Gasteiger partial charge in [-0.25, -0.2) is 0 Å². The van der Waals surface area contributed by atoms with E-state index in [0.29, 0.717) is 5.00 Å². The molecule has 0 aliphatic rings. The monoisotopic (exact) mass is 330 g/mol. The van der Waals surface area contributed by atoms with E-state index in [1.165, 1.54) is 11.3 Å². The number of ether oxygens (including phenoxy) is 1. The molecule has 2 aromatic rings. The van der Waals surface area contributed by atoms with Crippen molar-refractivity contribution in [1.29, 1.82) is 0 Å². The predicted octanol–water partition coefficient (Wildman–Crippen LogP) is 3.04. The lowest BCUT2D eigenvalue weighted by molar-refractivity contribution is -0.125. The van der Waals surface area contributed by atoms with Crippen LogP contribution in [0.1, 0.15) is 17.3 Å². The van der Waals surface area contributed by atoms with E-state index in [1.54, 1.807) is 19.1 Å². The minimum atomic E-state index is -0.656. The molecule has 0 saturated carbocycles. The number of anilines is 1. The molecule has 0 radical (unpaired) electrons. The van der Waals surface area contributed by atoms with Gasteiger partial charge in [0.05, 0.1) is 12.2 Å². The molecule has 1 unspecified atom stereocenters. The molecule has 2 amide bonds. The number of amides is 2. The van der Waals surface area contributed by atoms with Crippen LogP contribution in [-0.4, -0.2) is 24.5 Å². The van der Waals surface area contributed by atoms with Crippen molar-refractivity contribution in [2.45, 2.75) is 13.0 Å². The van der Waals surface area contributed by atoms with E-state index in [0.717, 1.165) is 10.4 Å². The van der Waals surface area contributed by atoms with E-state index in [2.05, 4.69) is 11.9 Å². The van der Waals surface area contributed by atoms with Crippen molar-refractivity contribution in [1.82, 2.24) is 0 Å². The highest BCUT2D eigenvalue weighted by Gasteiger charge is 2.19.